The summed E-state index contributed by atoms with van der Waals surface area (Å²) in [6.07, 6.45) is 1.95. The number of hydrogen-bond donors (Lipinski definition) is 1. The van der Waals surface area contributed by atoms with Crippen molar-refractivity contribution >= 4 is 15.9 Å². The Labute approximate surface area is 155 Å². The number of rotatable bonds is 6. The van der Waals surface area contributed by atoms with Gasteiger partial charge in [-0.05, 0) is 39.5 Å². The summed E-state index contributed by atoms with van der Waals surface area (Å²) in [5, 5.41) is 0. The fourth-order valence-electron chi connectivity index (χ4n) is 3.03. The zero-order valence-corrected chi connectivity index (χ0v) is 17.6. The lowest BCUT2D eigenvalue weighted by atomic mass is 9.96. The van der Waals surface area contributed by atoms with E-state index < -0.39 is 40.4 Å². The van der Waals surface area contributed by atoms with Crippen molar-refractivity contribution in [2.24, 2.45) is 0 Å². The maximum absolute atomic E-state index is 13.5. The summed E-state index contributed by atoms with van der Waals surface area (Å²) < 4.78 is 63.8. The second-order valence-electron chi connectivity index (χ2n) is 7.12. The molecule has 5 unspecified atom stereocenters. The Kier molecular flexibility index (Phi) is 11.1. The highest BCUT2D eigenvalue weighted by Crippen LogP contribution is 2.38. The van der Waals surface area contributed by atoms with E-state index in [4.69, 9.17) is 13.9 Å². The van der Waals surface area contributed by atoms with E-state index in [2.05, 4.69) is 4.52 Å². The minimum absolute atomic E-state index is 0.171. The van der Waals surface area contributed by atoms with Crippen molar-refractivity contribution in [3.8, 4) is 0 Å². The Balaban J connectivity index is 0.000000359. The highest BCUT2D eigenvalue weighted by molar-refractivity contribution is 7.51. The van der Waals surface area contributed by atoms with Gasteiger partial charge in [0.25, 0.3) is 0 Å². The molecule has 0 saturated heterocycles. The molecule has 2 fully saturated rings. The number of alkyl halides is 2. The normalized spacial score (nSPS) is 33.0. The molecular formula is C16H32F2O6P2. The molecule has 5 atom stereocenters. The fraction of sp³-hybridized carbons (Fsp3) is 1.00. The van der Waals surface area contributed by atoms with Crippen molar-refractivity contribution in [1.29, 1.82) is 0 Å². The second kappa shape index (κ2) is 11.9. The fourth-order valence-corrected chi connectivity index (χ4v) is 4.90. The molecule has 2 aliphatic rings. The van der Waals surface area contributed by atoms with Gasteiger partial charge in [-0.15, -0.1) is 0 Å². The molecule has 0 aromatic rings. The quantitative estimate of drug-likeness (QED) is 0.595. The molecular weight excluding hydrogens is 388 g/mol. The lowest BCUT2D eigenvalue weighted by Crippen LogP contribution is -2.29. The molecule has 1 N–H and O–H groups in total. The number of halogens is 2. The zero-order valence-electron chi connectivity index (χ0n) is 15.7. The molecule has 26 heavy (non-hydrogen) atoms. The van der Waals surface area contributed by atoms with Crippen LogP contribution in [0.2, 0.25) is 0 Å². The summed E-state index contributed by atoms with van der Waals surface area (Å²) in [6, 6.07) is 0. The van der Waals surface area contributed by atoms with E-state index in [0.717, 1.165) is 25.7 Å². The molecule has 0 aromatic heterocycles. The van der Waals surface area contributed by atoms with Gasteiger partial charge in [0, 0.05) is 6.66 Å². The van der Waals surface area contributed by atoms with Gasteiger partial charge in [-0.3, -0.25) is 9.13 Å². The maximum atomic E-state index is 13.5. The average molecular weight is 420 g/mol. The Bertz CT molecular complexity index is 448. The lowest BCUT2D eigenvalue weighted by molar-refractivity contribution is 0.0212. The van der Waals surface area contributed by atoms with Gasteiger partial charge >= 0.3 is 15.9 Å². The minimum Gasteiger partial charge on any atom is -0.324 e. The Hall–Kier alpha value is 0.160. The molecule has 0 heterocycles. The lowest BCUT2D eigenvalue weighted by Gasteiger charge is -2.28. The van der Waals surface area contributed by atoms with Crippen LogP contribution in [0.15, 0.2) is 0 Å². The maximum Gasteiger partial charge on any atom is 0.325 e. The first-order valence-corrected chi connectivity index (χ1v) is 12.5. The first kappa shape index (κ1) is 24.2. The molecule has 2 aliphatic carbocycles. The molecule has 0 spiro atoms. The van der Waals surface area contributed by atoms with Crippen LogP contribution in [0.4, 0.5) is 8.78 Å². The molecule has 0 aromatic carbocycles. The summed E-state index contributed by atoms with van der Waals surface area (Å²) in [5.74, 6) is 0. The third-order valence-electron chi connectivity index (χ3n) is 4.15. The van der Waals surface area contributed by atoms with E-state index in [1.807, 2.05) is 0 Å². The summed E-state index contributed by atoms with van der Waals surface area (Å²) >= 11 is 0. The first-order valence-electron chi connectivity index (χ1n) is 9.22. The van der Waals surface area contributed by atoms with Crippen LogP contribution in [0.5, 0.6) is 0 Å². The zero-order chi connectivity index (χ0) is 19.7. The van der Waals surface area contributed by atoms with Crippen LogP contribution in [0, 0.1) is 0 Å². The SMILES string of the molecule is CC(C)OP(C)(=O)O.O=[PH](OC1CCCCC1F)OC1CCCCC1F. The van der Waals surface area contributed by atoms with Gasteiger partial charge in [-0.25, -0.2) is 8.78 Å². The highest BCUT2D eigenvalue weighted by Gasteiger charge is 2.31. The Morgan fingerprint density at radius 1 is 0.962 bits per heavy atom. The van der Waals surface area contributed by atoms with E-state index in [1.54, 1.807) is 13.8 Å². The van der Waals surface area contributed by atoms with Crippen LogP contribution in [0.3, 0.4) is 0 Å². The van der Waals surface area contributed by atoms with Crippen molar-refractivity contribution in [2.45, 2.75) is 95.9 Å². The summed E-state index contributed by atoms with van der Waals surface area (Å²) in [5.41, 5.74) is 0. The van der Waals surface area contributed by atoms with Crippen LogP contribution in [-0.4, -0.2) is 42.2 Å². The van der Waals surface area contributed by atoms with E-state index in [1.165, 1.54) is 6.66 Å². The second-order valence-corrected chi connectivity index (χ2v) is 9.91. The van der Waals surface area contributed by atoms with Crippen LogP contribution >= 0.6 is 15.9 Å². The smallest absolute Gasteiger partial charge is 0.324 e. The van der Waals surface area contributed by atoms with Crippen LogP contribution in [0.25, 0.3) is 0 Å². The third-order valence-corrected chi connectivity index (χ3v) is 5.95. The molecule has 10 heteroatoms. The predicted molar refractivity (Wildman–Crippen MR) is 97.4 cm³/mol. The molecule has 0 radical (unpaired) electrons. The topological polar surface area (TPSA) is 82.1 Å². The Morgan fingerprint density at radius 3 is 1.62 bits per heavy atom. The number of hydrogen-bond acceptors (Lipinski definition) is 5. The van der Waals surface area contributed by atoms with Crippen LogP contribution < -0.4 is 0 Å². The van der Waals surface area contributed by atoms with E-state index >= 15 is 0 Å². The molecule has 0 bridgehead atoms. The van der Waals surface area contributed by atoms with Gasteiger partial charge in [0.15, 0.2) is 0 Å². The van der Waals surface area contributed by atoms with Gasteiger partial charge in [0.1, 0.15) is 12.3 Å². The van der Waals surface area contributed by atoms with Gasteiger partial charge in [0.05, 0.1) is 18.3 Å². The Morgan fingerprint density at radius 2 is 1.35 bits per heavy atom. The average Bonchev–Trinajstić information content (AvgIpc) is 2.50. The van der Waals surface area contributed by atoms with E-state index in [-0.39, 0.29) is 6.10 Å². The molecule has 6 nitrogen and oxygen atoms in total. The largest absolute Gasteiger partial charge is 0.325 e. The minimum atomic E-state index is -3.22. The highest BCUT2D eigenvalue weighted by atomic mass is 31.2. The van der Waals surface area contributed by atoms with Gasteiger partial charge in [-0.2, -0.15) is 0 Å². The van der Waals surface area contributed by atoms with Crippen molar-refractivity contribution < 1.29 is 36.4 Å². The van der Waals surface area contributed by atoms with E-state index in [0.29, 0.717) is 25.7 Å². The monoisotopic (exact) mass is 420 g/mol. The van der Waals surface area contributed by atoms with Gasteiger partial charge < -0.3 is 18.5 Å². The van der Waals surface area contributed by atoms with Crippen molar-refractivity contribution in [3.63, 3.8) is 0 Å². The van der Waals surface area contributed by atoms with Crippen LogP contribution in [-0.2, 0) is 22.7 Å². The van der Waals surface area contributed by atoms with Gasteiger partial charge in [0.2, 0.25) is 0 Å². The summed E-state index contributed by atoms with van der Waals surface area (Å²) in [7, 11) is -6.00. The summed E-state index contributed by atoms with van der Waals surface area (Å²) in [4.78, 5) is 8.52. The molecule has 2 rings (SSSR count). The standard InChI is InChI=1S/C12H21F2O3P.C4H11O3P/c13-9-5-1-3-7-11(9)16-18(15)17-12-8-4-2-6-10(12)14;1-4(2)7-8(3,5)6/h9-12,18H,1-8H2;4H,1-3H3,(H,5,6). The molecule has 156 valence electrons. The van der Waals surface area contributed by atoms with E-state index in [9.17, 15) is 17.9 Å². The molecule has 0 amide bonds. The molecule has 0 aliphatic heterocycles. The first-order chi connectivity index (χ1) is 12.1. The third kappa shape index (κ3) is 10.5. The molecule has 2 saturated carbocycles. The predicted octanol–water partition coefficient (Wildman–Crippen LogP) is 5.20. The van der Waals surface area contributed by atoms with Crippen LogP contribution in [0.1, 0.15) is 65.2 Å². The van der Waals surface area contributed by atoms with Crippen molar-refractivity contribution in [3.05, 3.63) is 0 Å². The summed E-state index contributed by atoms with van der Waals surface area (Å²) in [6.45, 7) is 4.60. The van der Waals surface area contributed by atoms with Gasteiger partial charge in [-0.1, -0.05) is 25.7 Å². The van der Waals surface area contributed by atoms with Crippen molar-refractivity contribution in [1.82, 2.24) is 0 Å². The van der Waals surface area contributed by atoms with Crippen molar-refractivity contribution in [2.75, 3.05) is 6.66 Å².